The molecule has 0 saturated carbocycles. The van der Waals surface area contributed by atoms with Crippen molar-refractivity contribution in [1.82, 2.24) is 10.2 Å². The number of benzene rings is 2. The summed E-state index contributed by atoms with van der Waals surface area (Å²) in [5.74, 6) is -1.16. The summed E-state index contributed by atoms with van der Waals surface area (Å²) in [4.78, 5) is 25.8. The van der Waals surface area contributed by atoms with Gasteiger partial charge in [0.15, 0.2) is 0 Å². The van der Waals surface area contributed by atoms with Crippen LogP contribution in [-0.4, -0.2) is 30.3 Å². The third-order valence-electron chi connectivity index (χ3n) is 3.89. The molecule has 4 nitrogen and oxygen atoms in total. The van der Waals surface area contributed by atoms with Gasteiger partial charge in [0.1, 0.15) is 5.82 Å². The molecule has 0 spiro atoms. The SMILES string of the molecule is CC(c1ccc(Cl)cc1Cl)N(C)C(=O)CNC(=O)c1ccc(F)cc1. The summed E-state index contributed by atoms with van der Waals surface area (Å²) in [7, 11) is 1.63. The molecule has 1 atom stereocenters. The Morgan fingerprint density at radius 2 is 1.80 bits per heavy atom. The van der Waals surface area contributed by atoms with Crippen molar-refractivity contribution in [3.05, 3.63) is 69.5 Å². The molecule has 1 unspecified atom stereocenters. The molecule has 0 heterocycles. The highest BCUT2D eigenvalue weighted by molar-refractivity contribution is 6.35. The van der Waals surface area contributed by atoms with E-state index in [0.717, 1.165) is 5.56 Å². The molecule has 2 aromatic carbocycles. The zero-order valence-corrected chi connectivity index (χ0v) is 15.2. The first-order valence-corrected chi connectivity index (χ1v) is 8.29. The monoisotopic (exact) mass is 382 g/mol. The number of carbonyl (C=O) groups excluding carboxylic acids is 2. The molecule has 0 aliphatic rings. The van der Waals surface area contributed by atoms with Gasteiger partial charge < -0.3 is 10.2 Å². The second-order valence-corrected chi connectivity index (χ2v) is 6.38. The van der Waals surface area contributed by atoms with Crippen molar-refractivity contribution < 1.29 is 14.0 Å². The normalized spacial score (nSPS) is 11.7. The fourth-order valence-electron chi connectivity index (χ4n) is 2.25. The van der Waals surface area contributed by atoms with Gasteiger partial charge in [-0.15, -0.1) is 0 Å². The van der Waals surface area contributed by atoms with Crippen molar-refractivity contribution in [2.45, 2.75) is 13.0 Å². The number of rotatable bonds is 5. The minimum absolute atomic E-state index is 0.178. The van der Waals surface area contributed by atoms with E-state index in [9.17, 15) is 14.0 Å². The summed E-state index contributed by atoms with van der Waals surface area (Å²) in [6, 6.07) is 9.87. The van der Waals surface area contributed by atoms with Crippen molar-refractivity contribution in [3.8, 4) is 0 Å². The summed E-state index contributed by atoms with van der Waals surface area (Å²) in [5, 5.41) is 3.51. The van der Waals surface area contributed by atoms with Crippen LogP contribution >= 0.6 is 23.2 Å². The summed E-state index contributed by atoms with van der Waals surface area (Å²) >= 11 is 12.1. The molecule has 0 aliphatic heterocycles. The van der Waals surface area contributed by atoms with E-state index >= 15 is 0 Å². The molecule has 1 N–H and O–H groups in total. The van der Waals surface area contributed by atoms with E-state index in [0.29, 0.717) is 10.0 Å². The van der Waals surface area contributed by atoms with E-state index in [1.165, 1.54) is 29.2 Å². The Morgan fingerprint density at radius 1 is 1.16 bits per heavy atom. The molecule has 2 rings (SSSR count). The molecule has 7 heteroatoms. The largest absolute Gasteiger partial charge is 0.343 e. The van der Waals surface area contributed by atoms with Crippen molar-refractivity contribution in [1.29, 1.82) is 0 Å². The van der Waals surface area contributed by atoms with Crippen LogP contribution in [0.4, 0.5) is 4.39 Å². The van der Waals surface area contributed by atoms with Gasteiger partial charge in [0.2, 0.25) is 5.91 Å². The Kier molecular flexibility index (Phi) is 6.39. The second kappa shape index (κ2) is 8.32. The highest BCUT2D eigenvalue weighted by Crippen LogP contribution is 2.29. The lowest BCUT2D eigenvalue weighted by Crippen LogP contribution is -2.39. The van der Waals surface area contributed by atoms with Crippen molar-refractivity contribution in [3.63, 3.8) is 0 Å². The van der Waals surface area contributed by atoms with Gasteiger partial charge in [-0.05, 0) is 48.9 Å². The van der Waals surface area contributed by atoms with Crippen LogP contribution in [-0.2, 0) is 4.79 Å². The summed E-state index contributed by atoms with van der Waals surface area (Å²) in [6.45, 7) is 1.65. The van der Waals surface area contributed by atoms with Crippen LogP contribution in [0.3, 0.4) is 0 Å². The van der Waals surface area contributed by atoms with Crippen molar-refractivity contribution in [2.75, 3.05) is 13.6 Å². The third kappa shape index (κ3) is 4.94. The van der Waals surface area contributed by atoms with Gasteiger partial charge in [-0.2, -0.15) is 0 Å². The Morgan fingerprint density at radius 3 is 2.40 bits per heavy atom. The minimum atomic E-state index is -0.445. The van der Waals surface area contributed by atoms with Gasteiger partial charge in [-0.25, -0.2) is 4.39 Å². The molecule has 0 radical (unpaired) electrons. The average Bonchev–Trinajstić information content (AvgIpc) is 2.58. The lowest BCUT2D eigenvalue weighted by atomic mass is 10.1. The maximum atomic E-state index is 12.9. The molecule has 0 bridgehead atoms. The fraction of sp³-hybridized carbons (Fsp3) is 0.222. The topological polar surface area (TPSA) is 49.4 Å². The van der Waals surface area contributed by atoms with Gasteiger partial charge in [0.25, 0.3) is 5.91 Å². The van der Waals surface area contributed by atoms with Crippen LogP contribution in [0, 0.1) is 5.82 Å². The molecule has 2 aromatic rings. The number of halogens is 3. The predicted molar refractivity (Wildman–Crippen MR) is 96.4 cm³/mol. The van der Waals surface area contributed by atoms with Crippen LogP contribution < -0.4 is 5.32 Å². The van der Waals surface area contributed by atoms with Gasteiger partial charge in [0.05, 0.1) is 12.6 Å². The van der Waals surface area contributed by atoms with Gasteiger partial charge in [0, 0.05) is 22.7 Å². The number of hydrogen-bond acceptors (Lipinski definition) is 2. The van der Waals surface area contributed by atoms with Crippen molar-refractivity contribution in [2.24, 2.45) is 0 Å². The van der Waals surface area contributed by atoms with E-state index in [-0.39, 0.29) is 24.1 Å². The molecular formula is C18H17Cl2FN2O2. The first-order chi connectivity index (χ1) is 11.8. The molecule has 25 heavy (non-hydrogen) atoms. The maximum Gasteiger partial charge on any atom is 0.251 e. The zero-order chi connectivity index (χ0) is 18.6. The van der Waals surface area contributed by atoms with Crippen LogP contribution in [0.25, 0.3) is 0 Å². The maximum absolute atomic E-state index is 12.9. The quantitative estimate of drug-likeness (QED) is 0.846. The first kappa shape index (κ1) is 19.2. The number of nitrogens with one attached hydrogen (secondary N) is 1. The molecule has 0 saturated heterocycles. The molecule has 132 valence electrons. The average molecular weight is 383 g/mol. The van der Waals surface area contributed by atoms with Crippen LogP contribution in [0.5, 0.6) is 0 Å². The van der Waals surface area contributed by atoms with E-state index in [1.54, 1.807) is 25.2 Å². The minimum Gasteiger partial charge on any atom is -0.343 e. The van der Waals surface area contributed by atoms with E-state index < -0.39 is 11.7 Å². The Labute approximate surface area is 155 Å². The highest BCUT2D eigenvalue weighted by atomic mass is 35.5. The van der Waals surface area contributed by atoms with Gasteiger partial charge in [-0.3, -0.25) is 9.59 Å². The summed E-state index contributed by atoms with van der Waals surface area (Å²) < 4.78 is 12.9. The van der Waals surface area contributed by atoms with E-state index in [1.807, 2.05) is 6.92 Å². The van der Waals surface area contributed by atoms with Crippen LogP contribution in [0.2, 0.25) is 10.0 Å². The number of carbonyl (C=O) groups is 2. The van der Waals surface area contributed by atoms with Gasteiger partial charge in [-0.1, -0.05) is 29.3 Å². The molecule has 2 amide bonds. The van der Waals surface area contributed by atoms with E-state index in [2.05, 4.69) is 5.32 Å². The lowest BCUT2D eigenvalue weighted by Gasteiger charge is -2.26. The number of nitrogens with zero attached hydrogens (tertiary/aromatic N) is 1. The van der Waals surface area contributed by atoms with Gasteiger partial charge >= 0.3 is 0 Å². The molecular weight excluding hydrogens is 366 g/mol. The van der Waals surface area contributed by atoms with Crippen LogP contribution in [0.1, 0.15) is 28.9 Å². The highest BCUT2D eigenvalue weighted by Gasteiger charge is 2.20. The number of likely N-dealkylation sites (N-methyl/N-ethyl adjacent to an activating group) is 1. The standard InChI is InChI=1S/C18H17Cl2FN2O2/c1-11(15-8-5-13(19)9-16(15)20)23(2)17(24)10-22-18(25)12-3-6-14(21)7-4-12/h3-9,11H,10H2,1-2H3,(H,22,25). The van der Waals surface area contributed by atoms with Crippen LogP contribution in [0.15, 0.2) is 42.5 Å². The Balaban J connectivity index is 1.97. The van der Waals surface area contributed by atoms with Crippen molar-refractivity contribution >= 4 is 35.0 Å². The predicted octanol–water partition coefficient (Wildman–Crippen LogP) is 4.08. The molecule has 0 fully saturated rings. The smallest absolute Gasteiger partial charge is 0.251 e. The number of hydrogen-bond donors (Lipinski definition) is 1. The second-order valence-electron chi connectivity index (χ2n) is 5.54. The summed E-state index contributed by atoms with van der Waals surface area (Å²) in [6.07, 6.45) is 0. The zero-order valence-electron chi connectivity index (χ0n) is 13.7. The third-order valence-corrected chi connectivity index (χ3v) is 4.46. The van der Waals surface area contributed by atoms with E-state index in [4.69, 9.17) is 23.2 Å². The lowest BCUT2D eigenvalue weighted by molar-refractivity contribution is -0.130. The Hall–Kier alpha value is -2.11. The summed E-state index contributed by atoms with van der Waals surface area (Å²) in [5.41, 5.74) is 1.04. The number of amides is 2. The fourth-order valence-corrected chi connectivity index (χ4v) is 2.82. The molecule has 0 aromatic heterocycles. The first-order valence-electron chi connectivity index (χ1n) is 7.54. The molecule has 0 aliphatic carbocycles. The Bertz CT molecular complexity index is 781.